The molecule has 0 spiro atoms. The Morgan fingerprint density at radius 2 is 2.00 bits per heavy atom. The van der Waals surface area contributed by atoms with Crippen molar-refractivity contribution in [3.63, 3.8) is 0 Å². The number of carbonyl (C=O) groups is 1. The van der Waals surface area contributed by atoms with Gasteiger partial charge in [0.15, 0.2) is 0 Å². The van der Waals surface area contributed by atoms with E-state index >= 15 is 0 Å². The van der Waals surface area contributed by atoms with E-state index in [-0.39, 0.29) is 6.03 Å². The van der Waals surface area contributed by atoms with E-state index in [0.717, 1.165) is 5.56 Å². The van der Waals surface area contributed by atoms with Gasteiger partial charge in [-0.15, -0.1) is 0 Å². The van der Waals surface area contributed by atoms with Crippen LogP contribution >= 0.6 is 0 Å². The third kappa shape index (κ3) is 2.78. The van der Waals surface area contributed by atoms with E-state index in [0.29, 0.717) is 13.1 Å². The van der Waals surface area contributed by atoms with E-state index in [2.05, 4.69) is 0 Å². The highest BCUT2D eigenvalue weighted by molar-refractivity contribution is 5.71. The van der Waals surface area contributed by atoms with Gasteiger partial charge in [0.2, 0.25) is 0 Å². The lowest BCUT2D eigenvalue weighted by molar-refractivity contribution is 0.208. The number of hydrogen-bond donors (Lipinski definition) is 1. The second-order valence-corrected chi connectivity index (χ2v) is 2.84. The molecule has 0 bridgehead atoms. The van der Waals surface area contributed by atoms with Gasteiger partial charge in [-0.25, -0.2) is 4.79 Å². The van der Waals surface area contributed by atoms with Crippen molar-refractivity contribution in [3.05, 3.63) is 35.9 Å². The second-order valence-electron chi connectivity index (χ2n) is 2.84. The van der Waals surface area contributed by atoms with Gasteiger partial charge in [0.25, 0.3) is 0 Å². The normalized spacial score (nSPS) is 9.62. The first kappa shape index (κ1) is 9.58. The van der Waals surface area contributed by atoms with Gasteiger partial charge >= 0.3 is 6.03 Å². The third-order valence-corrected chi connectivity index (χ3v) is 1.91. The molecular formula is C10H14N2O. The molecule has 0 aliphatic carbocycles. The first-order valence-corrected chi connectivity index (χ1v) is 4.32. The van der Waals surface area contributed by atoms with Gasteiger partial charge in [-0.1, -0.05) is 30.3 Å². The van der Waals surface area contributed by atoms with Crippen LogP contribution in [-0.4, -0.2) is 17.5 Å². The van der Waals surface area contributed by atoms with Crippen molar-refractivity contribution in [1.29, 1.82) is 0 Å². The van der Waals surface area contributed by atoms with Crippen LogP contribution in [0.5, 0.6) is 0 Å². The van der Waals surface area contributed by atoms with Gasteiger partial charge in [0, 0.05) is 13.1 Å². The smallest absolute Gasteiger partial charge is 0.315 e. The van der Waals surface area contributed by atoms with Gasteiger partial charge in [0.1, 0.15) is 0 Å². The molecule has 0 unspecified atom stereocenters. The zero-order chi connectivity index (χ0) is 9.68. The maximum absolute atomic E-state index is 10.9. The summed E-state index contributed by atoms with van der Waals surface area (Å²) in [6.07, 6.45) is 0. The Labute approximate surface area is 78.2 Å². The van der Waals surface area contributed by atoms with Crippen molar-refractivity contribution in [3.8, 4) is 0 Å². The molecule has 0 aliphatic heterocycles. The van der Waals surface area contributed by atoms with Crippen LogP contribution in [-0.2, 0) is 6.54 Å². The van der Waals surface area contributed by atoms with Gasteiger partial charge < -0.3 is 10.6 Å². The molecule has 0 saturated carbocycles. The van der Waals surface area contributed by atoms with Crippen molar-refractivity contribution < 1.29 is 4.79 Å². The van der Waals surface area contributed by atoms with Crippen LogP contribution in [0, 0.1) is 0 Å². The zero-order valence-corrected chi connectivity index (χ0v) is 7.73. The van der Waals surface area contributed by atoms with Crippen molar-refractivity contribution >= 4 is 6.03 Å². The Morgan fingerprint density at radius 1 is 1.38 bits per heavy atom. The van der Waals surface area contributed by atoms with Gasteiger partial charge in [-0.05, 0) is 12.5 Å². The van der Waals surface area contributed by atoms with Gasteiger partial charge in [-0.3, -0.25) is 0 Å². The molecule has 13 heavy (non-hydrogen) atoms. The van der Waals surface area contributed by atoms with E-state index in [9.17, 15) is 4.79 Å². The van der Waals surface area contributed by atoms with Crippen LogP contribution in [0.4, 0.5) is 4.79 Å². The lowest BCUT2D eigenvalue weighted by Crippen LogP contribution is -2.34. The van der Waals surface area contributed by atoms with Crippen LogP contribution in [0.15, 0.2) is 30.3 Å². The number of nitrogens with two attached hydrogens (primary N) is 1. The molecule has 2 N–H and O–H groups in total. The summed E-state index contributed by atoms with van der Waals surface area (Å²) >= 11 is 0. The highest BCUT2D eigenvalue weighted by Crippen LogP contribution is 2.03. The van der Waals surface area contributed by atoms with Crippen LogP contribution in [0.3, 0.4) is 0 Å². The standard InChI is InChI=1S/C10H14N2O/c1-2-12(10(11)13)8-9-6-4-3-5-7-9/h3-7H,2,8H2,1H3,(H2,11,13). The van der Waals surface area contributed by atoms with E-state index in [1.54, 1.807) is 4.90 Å². The molecule has 1 aromatic carbocycles. The molecule has 3 heteroatoms. The molecule has 0 aromatic heterocycles. The van der Waals surface area contributed by atoms with E-state index in [1.807, 2.05) is 37.3 Å². The Balaban J connectivity index is 2.62. The van der Waals surface area contributed by atoms with Gasteiger partial charge in [-0.2, -0.15) is 0 Å². The van der Waals surface area contributed by atoms with E-state index < -0.39 is 0 Å². The minimum Gasteiger partial charge on any atom is -0.351 e. The summed E-state index contributed by atoms with van der Waals surface area (Å²) in [5.74, 6) is 0. The predicted molar refractivity (Wildman–Crippen MR) is 52.1 cm³/mol. The topological polar surface area (TPSA) is 46.3 Å². The summed E-state index contributed by atoms with van der Waals surface area (Å²) in [6.45, 7) is 3.14. The largest absolute Gasteiger partial charge is 0.351 e. The minimum absolute atomic E-state index is 0.369. The Morgan fingerprint density at radius 3 is 2.46 bits per heavy atom. The summed E-state index contributed by atoms with van der Waals surface area (Å²) in [5, 5.41) is 0. The number of nitrogens with zero attached hydrogens (tertiary/aromatic N) is 1. The Bertz CT molecular complexity index is 272. The molecule has 0 saturated heterocycles. The first-order valence-electron chi connectivity index (χ1n) is 4.32. The molecule has 0 aliphatic rings. The third-order valence-electron chi connectivity index (χ3n) is 1.91. The van der Waals surface area contributed by atoms with Crippen molar-refractivity contribution in [2.24, 2.45) is 5.73 Å². The van der Waals surface area contributed by atoms with Crippen LogP contribution in [0.1, 0.15) is 12.5 Å². The highest BCUT2D eigenvalue weighted by atomic mass is 16.2. The predicted octanol–water partition coefficient (Wildman–Crippen LogP) is 1.59. The average Bonchev–Trinajstić information content (AvgIpc) is 2.15. The van der Waals surface area contributed by atoms with E-state index in [4.69, 9.17) is 5.73 Å². The summed E-state index contributed by atoms with van der Waals surface area (Å²) in [7, 11) is 0. The molecule has 0 radical (unpaired) electrons. The second kappa shape index (κ2) is 4.50. The number of urea groups is 1. The Kier molecular flexibility index (Phi) is 3.31. The summed E-state index contributed by atoms with van der Waals surface area (Å²) < 4.78 is 0. The molecular weight excluding hydrogens is 164 g/mol. The lowest BCUT2D eigenvalue weighted by Gasteiger charge is -2.17. The fourth-order valence-corrected chi connectivity index (χ4v) is 1.15. The maximum atomic E-state index is 10.9. The molecule has 0 fully saturated rings. The van der Waals surface area contributed by atoms with Crippen molar-refractivity contribution in [1.82, 2.24) is 4.90 Å². The molecule has 1 rings (SSSR count). The molecule has 1 aromatic rings. The summed E-state index contributed by atoms with van der Waals surface area (Å²) in [6, 6.07) is 9.43. The first-order chi connectivity index (χ1) is 6.24. The quantitative estimate of drug-likeness (QED) is 0.750. The monoisotopic (exact) mass is 178 g/mol. The van der Waals surface area contributed by atoms with Gasteiger partial charge in [0.05, 0.1) is 0 Å². The number of primary amides is 1. The highest BCUT2D eigenvalue weighted by Gasteiger charge is 2.06. The average molecular weight is 178 g/mol. The Hall–Kier alpha value is -1.51. The molecule has 0 atom stereocenters. The maximum Gasteiger partial charge on any atom is 0.315 e. The summed E-state index contributed by atoms with van der Waals surface area (Å²) in [4.78, 5) is 12.5. The SMILES string of the molecule is CCN(Cc1ccccc1)C(N)=O. The van der Waals surface area contributed by atoms with Crippen LogP contribution in [0.25, 0.3) is 0 Å². The fraction of sp³-hybridized carbons (Fsp3) is 0.300. The molecule has 2 amide bonds. The van der Waals surface area contributed by atoms with Crippen molar-refractivity contribution in [2.45, 2.75) is 13.5 Å². The van der Waals surface area contributed by atoms with E-state index in [1.165, 1.54) is 0 Å². The fourth-order valence-electron chi connectivity index (χ4n) is 1.15. The number of carbonyl (C=O) groups excluding carboxylic acids is 1. The lowest BCUT2D eigenvalue weighted by atomic mass is 10.2. The minimum atomic E-state index is -0.369. The molecule has 70 valence electrons. The molecule has 0 heterocycles. The zero-order valence-electron chi connectivity index (χ0n) is 7.73. The number of rotatable bonds is 3. The number of benzene rings is 1. The van der Waals surface area contributed by atoms with Crippen LogP contribution < -0.4 is 5.73 Å². The molecule has 3 nitrogen and oxygen atoms in total. The summed E-state index contributed by atoms with van der Waals surface area (Å²) in [5.41, 5.74) is 6.28. The number of hydrogen-bond acceptors (Lipinski definition) is 1. The number of amides is 2. The van der Waals surface area contributed by atoms with Crippen molar-refractivity contribution in [2.75, 3.05) is 6.54 Å². The van der Waals surface area contributed by atoms with Crippen LogP contribution in [0.2, 0.25) is 0 Å².